The molecule has 0 saturated heterocycles. The fraction of sp³-hybridized carbons (Fsp3) is 0.282. The largest absolute Gasteiger partial charge is 0.497 e. The standard InChI is InChI=1S/C39H41ClN9O6/c1-25(27-9-6-8-26(18-27)19-31(50)10-7-17-49(2,3)24-28-11-16-42-36(28)48(52)53)47-37-29(22-43-38(45-37)44-30-12-14-41-15-13-30)23-46(39(47)51)33-20-32(54-4)21-34(55-5)35(33)40/h6-10,12-16,18,20-22,25H,11,17,19,23-24H2,1-5H3,(H,41,43,44,45)/q+1/b10-7+. The quantitative estimate of drug-likeness (QED) is 0.0596. The average Bonchev–Trinajstić information content (AvgIpc) is 3.63. The van der Waals surface area contributed by atoms with E-state index in [1.54, 1.807) is 66.1 Å². The molecule has 2 aliphatic heterocycles. The number of aliphatic imine (C=N–C) groups is 1. The Hall–Kier alpha value is -6.19. The number of nitro groups is 1. The van der Waals surface area contributed by atoms with E-state index in [0.717, 1.165) is 16.8 Å². The second kappa shape index (κ2) is 16.4. The van der Waals surface area contributed by atoms with Crippen LogP contribution in [-0.2, 0) is 17.8 Å². The first-order chi connectivity index (χ1) is 26.4. The van der Waals surface area contributed by atoms with Crippen LogP contribution < -0.4 is 24.6 Å². The van der Waals surface area contributed by atoms with Crippen molar-refractivity contribution in [2.24, 2.45) is 4.99 Å². The minimum atomic E-state index is -0.550. The maximum Gasteiger partial charge on any atom is 0.368 e. The van der Waals surface area contributed by atoms with Crippen molar-refractivity contribution >= 4 is 52.8 Å². The molecule has 0 spiro atoms. The summed E-state index contributed by atoms with van der Waals surface area (Å²) >= 11 is 6.80. The number of ketones is 1. The number of likely N-dealkylation sites (N-methyl/N-ethyl adjacent to an activating group) is 1. The van der Waals surface area contributed by atoms with Gasteiger partial charge in [-0.3, -0.25) is 19.6 Å². The lowest BCUT2D eigenvalue weighted by Gasteiger charge is -2.39. The van der Waals surface area contributed by atoms with Gasteiger partial charge in [-0.2, -0.15) is 4.98 Å². The molecule has 0 saturated carbocycles. The van der Waals surface area contributed by atoms with Crippen molar-refractivity contribution in [1.82, 2.24) is 15.0 Å². The topological polar surface area (TPSA) is 165 Å². The third kappa shape index (κ3) is 8.79. The lowest BCUT2D eigenvalue weighted by atomic mass is 10.00. The van der Waals surface area contributed by atoms with Crippen LogP contribution in [0.25, 0.3) is 0 Å². The molecule has 284 valence electrons. The zero-order chi connectivity index (χ0) is 39.3. The molecule has 55 heavy (non-hydrogen) atoms. The van der Waals surface area contributed by atoms with E-state index in [9.17, 15) is 19.7 Å². The van der Waals surface area contributed by atoms with Gasteiger partial charge >= 0.3 is 11.9 Å². The Morgan fingerprint density at radius 3 is 2.65 bits per heavy atom. The molecule has 2 aliphatic rings. The molecule has 2 aromatic carbocycles. The molecule has 16 heteroatoms. The number of nitrogens with one attached hydrogen (secondary N) is 1. The Labute approximate surface area is 323 Å². The van der Waals surface area contributed by atoms with Crippen molar-refractivity contribution in [2.45, 2.75) is 32.4 Å². The number of hydrogen-bond donors (Lipinski definition) is 1. The van der Waals surface area contributed by atoms with Crippen LogP contribution >= 0.6 is 11.6 Å². The maximum absolute atomic E-state index is 14.7. The van der Waals surface area contributed by atoms with E-state index in [4.69, 9.17) is 26.1 Å². The van der Waals surface area contributed by atoms with Crippen LogP contribution in [0.2, 0.25) is 5.02 Å². The van der Waals surface area contributed by atoms with Gasteiger partial charge in [0.05, 0.1) is 58.7 Å². The SMILES string of the molecule is COc1cc(OC)c(Cl)c(N2Cc3cnc(Nc4ccncc4)nc3N(C(C)c3cccc(CC(=O)/C=C/C[N+](C)(C)CC4=C([N+](=O)[O-])N=CC4)c3)C2=O)c1. The fourth-order valence-electron chi connectivity index (χ4n) is 6.52. The molecule has 1 atom stereocenters. The molecule has 0 radical (unpaired) electrons. The lowest BCUT2D eigenvalue weighted by molar-refractivity contribution is -0.880. The summed E-state index contributed by atoms with van der Waals surface area (Å²) in [7, 11) is 6.91. The number of amides is 2. The smallest absolute Gasteiger partial charge is 0.368 e. The van der Waals surface area contributed by atoms with Gasteiger partial charge in [0.2, 0.25) is 5.95 Å². The molecule has 2 aromatic heterocycles. The first kappa shape index (κ1) is 38.5. The molecule has 15 nitrogen and oxygen atoms in total. The van der Waals surface area contributed by atoms with Crippen molar-refractivity contribution in [1.29, 1.82) is 0 Å². The Kier molecular flexibility index (Phi) is 11.5. The van der Waals surface area contributed by atoms with Gasteiger partial charge in [-0.05, 0) is 47.3 Å². The third-order valence-corrected chi connectivity index (χ3v) is 9.65. The number of aromatic nitrogens is 3. The summed E-state index contributed by atoms with van der Waals surface area (Å²) in [4.78, 5) is 59.2. The van der Waals surface area contributed by atoms with Crippen molar-refractivity contribution < 1.29 is 28.5 Å². The van der Waals surface area contributed by atoms with E-state index in [1.807, 2.05) is 45.3 Å². The summed E-state index contributed by atoms with van der Waals surface area (Å²) in [6.45, 7) is 2.95. The summed E-state index contributed by atoms with van der Waals surface area (Å²) in [5.74, 6) is 1.32. The van der Waals surface area contributed by atoms with Crippen LogP contribution in [0.4, 0.5) is 27.9 Å². The highest BCUT2D eigenvalue weighted by Crippen LogP contribution is 2.43. The highest BCUT2D eigenvalue weighted by atomic mass is 35.5. The van der Waals surface area contributed by atoms with E-state index in [1.165, 1.54) is 19.1 Å². The number of methoxy groups -OCH3 is 2. The number of ether oxygens (including phenoxy) is 2. The van der Waals surface area contributed by atoms with E-state index in [2.05, 4.69) is 20.3 Å². The molecule has 4 heterocycles. The first-order valence-electron chi connectivity index (χ1n) is 17.4. The molecule has 1 unspecified atom stereocenters. The number of nitrogens with zero attached hydrogens (tertiary/aromatic N) is 8. The highest BCUT2D eigenvalue weighted by molar-refractivity contribution is 6.35. The zero-order valence-corrected chi connectivity index (χ0v) is 31.9. The molecule has 0 aliphatic carbocycles. The molecule has 0 bridgehead atoms. The summed E-state index contributed by atoms with van der Waals surface area (Å²) in [5.41, 5.74) is 4.00. The van der Waals surface area contributed by atoms with Gasteiger partial charge in [-0.15, -0.1) is 0 Å². The number of rotatable bonds is 15. The summed E-state index contributed by atoms with van der Waals surface area (Å²) in [5, 5.41) is 14.8. The van der Waals surface area contributed by atoms with Gasteiger partial charge in [0, 0.05) is 54.8 Å². The number of carbonyl (C=O) groups is 2. The minimum Gasteiger partial charge on any atom is -0.497 e. The number of benzene rings is 2. The van der Waals surface area contributed by atoms with Gasteiger partial charge in [-0.1, -0.05) is 40.9 Å². The number of urea groups is 1. The fourth-order valence-corrected chi connectivity index (χ4v) is 6.81. The van der Waals surface area contributed by atoms with E-state index >= 15 is 0 Å². The Bertz CT molecular complexity index is 2210. The van der Waals surface area contributed by atoms with Crippen molar-refractivity contribution in [3.63, 3.8) is 0 Å². The summed E-state index contributed by atoms with van der Waals surface area (Å²) in [6, 6.07) is 13.5. The monoisotopic (exact) mass is 766 g/mol. The van der Waals surface area contributed by atoms with Crippen LogP contribution in [0.5, 0.6) is 11.5 Å². The number of pyridine rings is 1. The van der Waals surface area contributed by atoms with Crippen LogP contribution in [0.3, 0.4) is 0 Å². The van der Waals surface area contributed by atoms with Gasteiger partial charge in [0.1, 0.15) is 35.1 Å². The molecule has 4 aromatic rings. The molecule has 0 fully saturated rings. The van der Waals surface area contributed by atoms with Gasteiger partial charge in [0.25, 0.3) is 0 Å². The maximum atomic E-state index is 14.7. The number of halogens is 1. The molecule has 6 rings (SSSR count). The predicted octanol–water partition coefficient (Wildman–Crippen LogP) is 6.70. The van der Waals surface area contributed by atoms with Crippen LogP contribution in [-0.4, -0.2) is 83.8 Å². The highest BCUT2D eigenvalue weighted by Gasteiger charge is 2.38. The number of fused-ring (bicyclic) bond motifs is 1. The van der Waals surface area contributed by atoms with Crippen molar-refractivity contribution in [3.8, 4) is 11.5 Å². The lowest BCUT2D eigenvalue weighted by Crippen LogP contribution is -2.49. The number of allylic oxidation sites excluding steroid dienone is 1. The second-order valence-electron chi connectivity index (χ2n) is 13.7. The van der Waals surface area contributed by atoms with Crippen LogP contribution in [0.1, 0.15) is 36.1 Å². The zero-order valence-electron chi connectivity index (χ0n) is 31.1. The Morgan fingerprint density at radius 2 is 1.93 bits per heavy atom. The third-order valence-electron chi connectivity index (χ3n) is 9.27. The van der Waals surface area contributed by atoms with Gasteiger partial charge in [-0.25, -0.2) is 9.78 Å². The minimum absolute atomic E-state index is 0.0957. The normalized spacial score (nSPS) is 14.7. The summed E-state index contributed by atoms with van der Waals surface area (Å²) < 4.78 is 11.4. The Balaban J connectivity index is 1.26. The van der Waals surface area contributed by atoms with Gasteiger partial charge in [0.15, 0.2) is 5.78 Å². The summed E-state index contributed by atoms with van der Waals surface area (Å²) in [6.07, 6.45) is 10.5. The van der Waals surface area contributed by atoms with E-state index in [0.29, 0.717) is 64.1 Å². The van der Waals surface area contributed by atoms with Crippen LogP contribution in [0.15, 0.2) is 95.7 Å². The number of carbonyl (C=O) groups excluding carboxylic acids is 2. The van der Waals surface area contributed by atoms with Crippen molar-refractivity contribution in [2.75, 3.05) is 56.5 Å². The molecular formula is C39H41ClN9O6+. The molecule has 1 N–H and O–H groups in total. The number of hydrogen-bond acceptors (Lipinski definition) is 11. The Morgan fingerprint density at radius 1 is 1.15 bits per heavy atom. The second-order valence-corrected chi connectivity index (χ2v) is 14.1. The van der Waals surface area contributed by atoms with Crippen molar-refractivity contribution in [3.05, 3.63) is 122 Å². The molecule has 2 amide bonds. The van der Waals surface area contributed by atoms with Gasteiger partial charge < -0.3 is 29.4 Å². The predicted molar refractivity (Wildman–Crippen MR) is 210 cm³/mol. The first-order valence-corrected chi connectivity index (χ1v) is 17.8. The number of anilines is 4. The molecular weight excluding hydrogens is 726 g/mol. The van der Waals surface area contributed by atoms with E-state index < -0.39 is 11.0 Å². The number of quaternary nitrogens is 1. The van der Waals surface area contributed by atoms with Crippen LogP contribution in [0, 0.1) is 10.1 Å². The average molecular weight is 767 g/mol. The van der Waals surface area contributed by atoms with E-state index in [-0.39, 0.29) is 35.6 Å².